The van der Waals surface area contributed by atoms with E-state index in [0.717, 1.165) is 12.5 Å². The van der Waals surface area contributed by atoms with Crippen molar-refractivity contribution >= 4 is 0 Å². The molecule has 1 fully saturated rings. The van der Waals surface area contributed by atoms with Crippen molar-refractivity contribution in [3.05, 3.63) is 0 Å². The maximum atomic E-state index is 5.45. The summed E-state index contributed by atoms with van der Waals surface area (Å²) in [7, 11) is 4.17. The van der Waals surface area contributed by atoms with Gasteiger partial charge in [0.25, 0.3) is 0 Å². The third kappa shape index (κ3) is 2.43. The summed E-state index contributed by atoms with van der Waals surface area (Å²) in [5.74, 6) is 6.28. The van der Waals surface area contributed by atoms with Crippen LogP contribution in [0.15, 0.2) is 0 Å². The van der Waals surface area contributed by atoms with E-state index in [2.05, 4.69) is 24.4 Å². The Hall–Kier alpha value is -0.120. The standard InChI is InChI=1S/C8H19N3/c1-11(2)6-8(10-9)7-4-3-5-7/h7-8,10H,3-6,9H2,1-2H3. The van der Waals surface area contributed by atoms with E-state index < -0.39 is 0 Å². The lowest BCUT2D eigenvalue weighted by Crippen LogP contribution is -2.49. The summed E-state index contributed by atoms with van der Waals surface area (Å²) in [6.07, 6.45) is 4.09. The first-order valence-electron chi connectivity index (χ1n) is 4.35. The van der Waals surface area contributed by atoms with Crippen molar-refractivity contribution in [1.82, 2.24) is 10.3 Å². The van der Waals surface area contributed by atoms with Gasteiger partial charge < -0.3 is 4.90 Å². The van der Waals surface area contributed by atoms with Crippen LogP contribution < -0.4 is 11.3 Å². The highest BCUT2D eigenvalue weighted by atomic mass is 15.3. The second-order valence-corrected chi connectivity index (χ2v) is 3.73. The van der Waals surface area contributed by atoms with Gasteiger partial charge in [0, 0.05) is 12.6 Å². The molecule has 1 aliphatic rings. The average molecular weight is 157 g/mol. The van der Waals surface area contributed by atoms with Crippen LogP contribution in [0, 0.1) is 5.92 Å². The van der Waals surface area contributed by atoms with Gasteiger partial charge in [-0.15, -0.1) is 0 Å². The summed E-state index contributed by atoms with van der Waals surface area (Å²) in [5, 5.41) is 0. The molecule has 0 aromatic heterocycles. The van der Waals surface area contributed by atoms with Crippen molar-refractivity contribution in [3.63, 3.8) is 0 Å². The van der Waals surface area contributed by atoms with E-state index in [-0.39, 0.29) is 0 Å². The minimum Gasteiger partial charge on any atom is -0.308 e. The van der Waals surface area contributed by atoms with E-state index in [1.165, 1.54) is 19.3 Å². The second kappa shape index (κ2) is 4.04. The molecular weight excluding hydrogens is 138 g/mol. The van der Waals surface area contributed by atoms with Crippen LogP contribution in [0.1, 0.15) is 19.3 Å². The SMILES string of the molecule is CN(C)CC(NN)C1CCC1. The van der Waals surface area contributed by atoms with Gasteiger partial charge in [0.2, 0.25) is 0 Å². The van der Waals surface area contributed by atoms with Crippen LogP contribution >= 0.6 is 0 Å². The van der Waals surface area contributed by atoms with E-state index in [9.17, 15) is 0 Å². The highest BCUT2D eigenvalue weighted by molar-refractivity contribution is 4.82. The molecule has 0 heterocycles. The van der Waals surface area contributed by atoms with Crippen molar-refractivity contribution in [2.45, 2.75) is 25.3 Å². The molecule has 0 amide bonds. The monoisotopic (exact) mass is 157 g/mol. The van der Waals surface area contributed by atoms with Crippen LogP contribution in [-0.2, 0) is 0 Å². The maximum absolute atomic E-state index is 5.45. The Labute approximate surface area is 68.9 Å². The summed E-state index contributed by atoms with van der Waals surface area (Å²) in [6, 6.07) is 0.499. The van der Waals surface area contributed by atoms with Crippen molar-refractivity contribution in [3.8, 4) is 0 Å². The molecule has 0 bridgehead atoms. The Bertz CT molecular complexity index is 110. The summed E-state index contributed by atoms with van der Waals surface area (Å²) in [6.45, 7) is 1.06. The number of hydrogen-bond donors (Lipinski definition) is 2. The Morgan fingerprint density at radius 2 is 2.18 bits per heavy atom. The molecule has 0 spiro atoms. The number of likely N-dealkylation sites (N-methyl/N-ethyl adjacent to an activating group) is 1. The Morgan fingerprint density at radius 3 is 2.45 bits per heavy atom. The smallest absolute Gasteiger partial charge is 0.0365 e. The van der Waals surface area contributed by atoms with Gasteiger partial charge in [-0.2, -0.15) is 0 Å². The fourth-order valence-electron chi connectivity index (χ4n) is 1.57. The highest BCUT2D eigenvalue weighted by Crippen LogP contribution is 2.29. The van der Waals surface area contributed by atoms with Gasteiger partial charge in [-0.1, -0.05) is 6.42 Å². The molecule has 1 atom stereocenters. The molecule has 11 heavy (non-hydrogen) atoms. The van der Waals surface area contributed by atoms with Gasteiger partial charge >= 0.3 is 0 Å². The minimum atomic E-state index is 0.499. The van der Waals surface area contributed by atoms with Crippen molar-refractivity contribution in [2.75, 3.05) is 20.6 Å². The van der Waals surface area contributed by atoms with E-state index in [0.29, 0.717) is 6.04 Å². The zero-order valence-electron chi connectivity index (χ0n) is 7.51. The number of nitrogens with zero attached hydrogens (tertiary/aromatic N) is 1. The summed E-state index contributed by atoms with van der Waals surface area (Å²) in [5.41, 5.74) is 2.89. The number of hydrogen-bond acceptors (Lipinski definition) is 3. The Morgan fingerprint density at radius 1 is 1.55 bits per heavy atom. The van der Waals surface area contributed by atoms with Gasteiger partial charge in [0.15, 0.2) is 0 Å². The van der Waals surface area contributed by atoms with Gasteiger partial charge in [-0.3, -0.25) is 11.3 Å². The molecule has 0 saturated heterocycles. The lowest BCUT2D eigenvalue weighted by atomic mass is 9.80. The molecule has 0 aliphatic heterocycles. The van der Waals surface area contributed by atoms with Crippen molar-refractivity contribution in [1.29, 1.82) is 0 Å². The highest BCUT2D eigenvalue weighted by Gasteiger charge is 2.26. The minimum absolute atomic E-state index is 0.499. The van der Waals surface area contributed by atoms with E-state index >= 15 is 0 Å². The van der Waals surface area contributed by atoms with Gasteiger partial charge in [-0.05, 0) is 32.9 Å². The largest absolute Gasteiger partial charge is 0.308 e. The molecule has 66 valence electrons. The van der Waals surface area contributed by atoms with Crippen LogP contribution in [-0.4, -0.2) is 31.6 Å². The van der Waals surface area contributed by atoms with Gasteiger partial charge in [0.05, 0.1) is 0 Å². The quantitative estimate of drug-likeness (QED) is 0.452. The summed E-state index contributed by atoms with van der Waals surface area (Å²) < 4.78 is 0. The molecule has 1 rings (SSSR count). The van der Waals surface area contributed by atoms with Crippen molar-refractivity contribution < 1.29 is 0 Å². The van der Waals surface area contributed by atoms with Gasteiger partial charge in [0.1, 0.15) is 0 Å². The first-order chi connectivity index (χ1) is 5.24. The van der Waals surface area contributed by atoms with E-state index in [4.69, 9.17) is 5.84 Å². The third-order valence-corrected chi connectivity index (χ3v) is 2.49. The number of rotatable bonds is 4. The van der Waals surface area contributed by atoms with Crippen LogP contribution in [0.25, 0.3) is 0 Å². The molecule has 3 N–H and O–H groups in total. The third-order valence-electron chi connectivity index (χ3n) is 2.49. The molecule has 3 heteroatoms. The van der Waals surface area contributed by atoms with Crippen molar-refractivity contribution in [2.24, 2.45) is 11.8 Å². The van der Waals surface area contributed by atoms with Gasteiger partial charge in [-0.25, -0.2) is 0 Å². The maximum Gasteiger partial charge on any atom is 0.0365 e. The fourth-order valence-corrected chi connectivity index (χ4v) is 1.57. The van der Waals surface area contributed by atoms with Crippen LogP contribution in [0.4, 0.5) is 0 Å². The van der Waals surface area contributed by atoms with Crippen LogP contribution in [0.5, 0.6) is 0 Å². The molecule has 1 saturated carbocycles. The molecule has 1 aliphatic carbocycles. The lowest BCUT2D eigenvalue weighted by molar-refractivity contribution is 0.192. The predicted octanol–water partition coefficient (Wildman–Crippen LogP) is 0.180. The molecule has 0 aromatic carbocycles. The van der Waals surface area contributed by atoms with Crippen LogP contribution in [0.2, 0.25) is 0 Å². The Balaban J connectivity index is 2.23. The average Bonchev–Trinajstić information content (AvgIpc) is 1.81. The Kier molecular flexibility index (Phi) is 3.30. The molecule has 3 nitrogen and oxygen atoms in total. The number of hydrazine groups is 1. The fraction of sp³-hybridized carbons (Fsp3) is 1.00. The zero-order valence-corrected chi connectivity index (χ0v) is 7.51. The topological polar surface area (TPSA) is 41.3 Å². The molecular formula is C8H19N3. The van der Waals surface area contributed by atoms with Crippen LogP contribution in [0.3, 0.4) is 0 Å². The summed E-state index contributed by atoms with van der Waals surface area (Å²) in [4.78, 5) is 2.18. The molecule has 0 aromatic rings. The molecule has 0 radical (unpaired) electrons. The number of nitrogens with one attached hydrogen (secondary N) is 1. The molecule has 1 unspecified atom stereocenters. The van der Waals surface area contributed by atoms with E-state index in [1.807, 2.05) is 0 Å². The zero-order chi connectivity index (χ0) is 8.27. The number of nitrogens with two attached hydrogens (primary N) is 1. The lowest BCUT2D eigenvalue weighted by Gasteiger charge is -2.34. The second-order valence-electron chi connectivity index (χ2n) is 3.73. The summed E-state index contributed by atoms with van der Waals surface area (Å²) >= 11 is 0. The normalized spacial score (nSPS) is 21.8. The predicted molar refractivity (Wildman–Crippen MR) is 47.0 cm³/mol. The first kappa shape index (κ1) is 8.97. The van der Waals surface area contributed by atoms with E-state index in [1.54, 1.807) is 0 Å². The first-order valence-corrected chi connectivity index (χ1v) is 4.35.